The van der Waals surface area contributed by atoms with E-state index in [0.29, 0.717) is 12.0 Å². The van der Waals surface area contributed by atoms with Gasteiger partial charge in [0.15, 0.2) is 6.61 Å². The van der Waals surface area contributed by atoms with E-state index in [2.05, 4.69) is 17.4 Å². The van der Waals surface area contributed by atoms with E-state index >= 15 is 0 Å². The number of nitrogens with zero attached hydrogens (tertiary/aromatic N) is 2. The maximum Gasteiger partial charge on any atom is 0.329 e. The number of amides is 2. The molecule has 6 rings (SSSR count). The Balaban J connectivity index is 1.20. The summed E-state index contributed by atoms with van der Waals surface area (Å²) in [5.74, 6) is -1.54. The predicted octanol–water partition coefficient (Wildman–Crippen LogP) is 6.10. The van der Waals surface area contributed by atoms with Crippen LogP contribution in [0.2, 0.25) is 0 Å². The lowest BCUT2D eigenvalue weighted by molar-refractivity contribution is -0.154. The van der Waals surface area contributed by atoms with Gasteiger partial charge >= 0.3 is 5.97 Å². The molecular weight excluding hydrogens is 550 g/mol. The van der Waals surface area contributed by atoms with Crippen molar-refractivity contribution in [3.05, 3.63) is 156 Å². The topological polar surface area (TPSA) is 88.1 Å². The smallest absolute Gasteiger partial charge is 0.329 e. The normalized spacial score (nSPS) is 15.0. The Labute approximate surface area is 255 Å². The molecule has 7 nitrogen and oxygen atoms in total. The van der Waals surface area contributed by atoms with Gasteiger partial charge in [-0.05, 0) is 45.7 Å². The van der Waals surface area contributed by atoms with E-state index in [9.17, 15) is 14.4 Å². The van der Waals surface area contributed by atoms with Gasteiger partial charge in [0.25, 0.3) is 11.8 Å². The summed E-state index contributed by atoms with van der Waals surface area (Å²) in [7, 11) is 0. The molecule has 44 heavy (non-hydrogen) atoms. The number of nitrogens with one attached hydrogen (secondary N) is 1. The first-order chi connectivity index (χ1) is 21.5. The fourth-order valence-electron chi connectivity index (χ4n) is 5.39. The predicted molar refractivity (Wildman–Crippen MR) is 170 cm³/mol. The molecule has 0 saturated carbocycles. The number of hydrogen-bond donors (Lipinski definition) is 1. The average molecular weight is 582 g/mol. The SMILES string of the molecule is O=C(N[C@@H](Cc1ccccc1)C(=O)OCC(=O)N1N=C(c2ccc3ccccc3c2)C[C@@H]1c1ccccc1)c1ccccc1. The fraction of sp³-hybridized carbons (Fsp3) is 0.135. The van der Waals surface area contributed by atoms with E-state index in [1.807, 2.05) is 97.1 Å². The molecule has 5 aromatic carbocycles. The Kier molecular flexibility index (Phi) is 8.55. The molecule has 5 aromatic rings. The monoisotopic (exact) mass is 581 g/mol. The van der Waals surface area contributed by atoms with Crippen LogP contribution in [-0.2, 0) is 20.7 Å². The number of benzene rings is 5. The van der Waals surface area contributed by atoms with Gasteiger partial charge in [-0.25, -0.2) is 9.80 Å². The molecule has 0 aliphatic carbocycles. The number of ether oxygens (including phenoxy) is 1. The quantitative estimate of drug-likeness (QED) is 0.213. The van der Waals surface area contributed by atoms with E-state index in [1.165, 1.54) is 5.01 Å². The van der Waals surface area contributed by atoms with E-state index in [1.54, 1.807) is 24.3 Å². The van der Waals surface area contributed by atoms with Crippen LogP contribution in [0.25, 0.3) is 10.8 Å². The molecule has 1 heterocycles. The number of hydrazone groups is 1. The second-order valence-electron chi connectivity index (χ2n) is 10.7. The van der Waals surface area contributed by atoms with Crippen molar-refractivity contribution >= 4 is 34.3 Å². The zero-order valence-corrected chi connectivity index (χ0v) is 24.0. The Morgan fingerprint density at radius 1 is 0.773 bits per heavy atom. The van der Waals surface area contributed by atoms with Crippen molar-refractivity contribution in [1.82, 2.24) is 10.3 Å². The first-order valence-corrected chi connectivity index (χ1v) is 14.6. The highest BCUT2D eigenvalue weighted by Crippen LogP contribution is 2.33. The number of hydrogen-bond acceptors (Lipinski definition) is 5. The third-order valence-electron chi connectivity index (χ3n) is 7.68. The first-order valence-electron chi connectivity index (χ1n) is 14.6. The van der Waals surface area contributed by atoms with Gasteiger partial charge in [-0.1, -0.05) is 115 Å². The molecule has 2 atom stereocenters. The number of esters is 1. The van der Waals surface area contributed by atoms with Crippen molar-refractivity contribution in [3.63, 3.8) is 0 Å². The molecule has 0 saturated heterocycles. The third-order valence-corrected chi connectivity index (χ3v) is 7.68. The third kappa shape index (κ3) is 6.57. The molecule has 0 spiro atoms. The van der Waals surface area contributed by atoms with Crippen LogP contribution in [0.3, 0.4) is 0 Å². The van der Waals surface area contributed by atoms with Gasteiger partial charge in [0.2, 0.25) is 0 Å². The minimum absolute atomic E-state index is 0.215. The highest BCUT2D eigenvalue weighted by molar-refractivity contribution is 6.05. The molecule has 0 bridgehead atoms. The second-order valence-corrected chi connectivity index (χ2v) is 10.7. The Morgan fingerprint density at radius 2 is 1.41 bits per heavy atom. The summed E-state index contributed by atoms with van der Waals surface area (Å²) < 4.78 is 5.56. The van der Waals surface area contributed by atoms with Crippen LogP contribution in [0.4, 0.5) is 0 Å². The zero-order valence-electron chi connectivity index (χ0n) is 24.0. The van der Waals surface area contributed by atoms with Gasteiger partial charge in [0.05, 0.1) is 11.8 Å². The number of carbonyl (C=O) groups excluding carboxylic acids is 3. The number of rotatable bonds is 9. The summed E-state index contributed by atoms with van der Waals surface area (Å²) in [6, 6.07) is 40.6. The van der Waals surface area contributed by atoms with Crippen molar-refractivity contribution in [2.75, 3.05) is 6.61 Å². The molecule has 218 valence electrons. The van der Waals surface area contributed by atoms with Crippen molar-refractivity contribution < 1.29 is 19.1 Å². The molecule has 0 unspecified atom stereocenters. The molecular formula is C37H31N3O4. The van der Waals surface area contributed by atoms with Gasteiger partial charge in [-0.2, -0.15) is 5.10 Å². The maximum absolute atomic E-state index is 13.6. The van der Waals surface area contributed by atoms with Crippen LogP contribution in [0.5, 0.6) is 0 Å². The summed E-state index contributed by atoms with van der Waals surface area (Å²) in [6.45, 7) is -0.511. The molecule has 2 amide bonds. The van der Waals surface area contributed by atoms with Crippen LogP contribution in [-0.4, -0.2) is 41.2 Å². The molecule has 1 aliphatic rings. The first kappa shape index (κ1) is 28.6. The lowest BCUT2D eigenvalue weighted by Gasteiger charge is -2.23. The maximum atomic E-state index is 13.6. The van der Waals surface area contributed by atoms with Crippen LogP contribution in [0.1, 0.15) is 39.5 Å². The molecule has 0 aromatic heterocycles. The summed E-state index contributed by atoms with van der Waals surface area (Å²) >= 11 is 0. The van der Waals surface area contributed by atoms with Gasteiger partial charge in [-0.15, -0.1) is 0 Å². The van der Waals surface area contributed by atoms with E-state index in [0.717, 1.165) is 33.2 Å². The van der Waals surface area contributed by atoms with Crippen molar-refractivity contribution in [2.45, 2.75) is 24.9 Å². The Hall–Kier alpha value is -5.56. The van der Waals surface area contributed by atoms with Crippen LogP contribution in [0.15, 0.2) is 139 Å². The van der Waals surface area contributed by atoms with E-state index in [-0.39, 0.29) is 12.5 Å². The van der Waals surface area contributed by atoms with E-state index in [4.69, 9.17) is 9.84 Å². The molecule has 0 radical (unpaired) electrons. The summed E-state index contributed by atoms with van der Waals surface area (Å²) in [5, 5.41) is 11.2. The lowest BCUT2D eigenvalue weighted by Crippen LogP contribution is -2.44. The van der Waals surface area contributed by atoms with Crippen molar-refractivity contribution in [3.8, 4) is 0 Å². The Bertz CT molecular complexity index is 1810. The van der Waals surface area contributed by atoms with Gasteiger partial charge < -0.3 is 10.1 Å². The molecule has 7 heteroatoms. The average Bonchev–Trinajstić information content (AvgIpc) is 3.54. The summed E-state index contributed by atoms with van der Waals surface area (Å²) in [4.78, 5) is 39.9. The van der Waals surface area contributed by atoms with Crippen LogP contribution < -0.4 is 5.32 Å². The van der Waals surface area contributed by atoms with Crippen LogP contribution >= 0.6 is 0 Å². The van der Waals surface area contributed by atoms with Crippen LogP contribution in [0, 0.1) is 0 Å². The standard InChI is InChI=1S/C37H31N3O4/c41-35(25-44-37(43)33(22-26-12-4-1-5-13-26)38-36(42)29-17-8-3-9-18-29)40-34(28-15-6-2-7-16-28)24-32(39-40)31-21-20-27-14-10-11-19-30(27)23-31/h1-21,23,33-34H,22,24-25H2,(H,38,42)/t33-,34+/m0/s1. The zero-order chi connectivity index (χ0) is 30.3. The number of fused-ring (bicyclic) bond motifs is 1. The minimum atomic E-state index is -0.988. The van der Waals surface area contributed by atoms with Crippen molar-refractivity contribution in [1.29, 1.82) is 0 Å². The fourth-order valence-corrected chi connectivity index (χ4v) is 5.39. The summed E-state index contributed by atoms with van der Waals surface area (Å²) in [5.41, 5.74) is 3.92. The molecule has 1 N–H and O–H groups in total. The van der Waals surface area contributed by atoms with Gasteiger partial charge in [0.1, 0.15) is 6.04 Å². The molecule has 1 aliphatic heterocycles. The van der Waals surface area contributed by atoms with Gasteiger partial charge in [0, 0.05) is 18.4 Å². The van der Waals surface area contributed by atoms with Crippen molar-refractivity contribution in [2.24, 2.45) is 5.10 Å². The van der Waals surface area contributed by atoms with Gasteiger partial charge in [-0.3, -0.25) is 9.59 Å². The minimum Gasteiger partial charge on any atom is -0.454 e. The number of carbonyl (C=O) groups is 3. The second kappa shape index (κ2) is 13.2. The van der Waals surface area contributed by atoms with E-state index < -0.39 is 30.4 Å². The largest absolute Gasteiger partial charge is 0.454 e. The Morgan fingerprint density at radius 3 is 2.14 bits per heavy atom. The highest BCUT2D eigenvalue weighted by atomic mass is 16.5. The molecule has 0 fully saturated rings. The lowest BCUT2D eigenvalue weighted by atomic mass is 9.97. The summed E-state index contributed by atoms with van der Waals surface area (Å²) in [6.07, 6.45) is 0.735. The highest BCUT2D eigenvalue weighted by Gasteiger charge is 2.34.